The average molecular weight is 420 g/mol. The van der Waals surface area contributed by atoms with Gasteiger partial charge in [0.25, 0.3) is 11.8 Å². The van der Waals surface area contributed by atoms with E-state index in [1.54, 1.807) is 56.5 Å². The summed E-state index contributed by atoms with van der Waals surface area (Å²) in [5.74, 6) is -0.378. The van der Waals surface area contributed by atoms with Crippen LogP contribution in [0.25, 0.3) is 5.70 Å². The molecule has 0 saturated carbocycles. The van der Waals surface area contributed by atoms with E-state index in [9.17, 15) is 14.4 Å². The molecular formula is C23H24N4O4. The maximum atomic E-state index is 12.5. The van der Waals surface area contributed by atoms with E-state index in [0.29, 0.717) is 22.6 Å². The summed E-state index contributed by atoms with van der Waals surface area (Å²) in [5, 5.41) is 2.57. The van der Waals surface area contributed by atoms with Gasteiger partial charge in [0.2, 0.25) is 5.91 Å². The van der Waals surface area contributed by atoms with Crippen molar-refractivity contribution in [1.29, 1.82) is 0 Å². The fourth-order valence-corrected chi connectivity index (χ4v) is 3.34. The second-order valence-corrected chi connectivity index (χ2v) is 7.21. The number of ether oxygens (including phenoxy) is 1. The van der Waals surface area contributed by atoms with Crippen molar-refractivity contribution in [3.05, 3.63) is 82.2 Å². The van der Waals surface area contributed by atoms with Crippen molar-refractivity contribution in [2.45, 2.75) is 13.3 Å². The molecule has 0 bridgehead atoms. The Labute approximate surface area is 180 Å². The van der Waals surface area contributed by atoms with Crippen molar-refractivity contribution in [3.8, 4) is 5.75 Å². The number of hydrogen-bond acceptors (Lipinski definition) is 6. The predicted molar refractivity (Wildman–Crippen MR) is 117 cm³/mol. The number of allylic oxidation sites excluding steroid dienone is 2. The second-order valence-electron chi connectivity index (χ2n) is 7.21. The quantitative estimate of drug-likeness (QED) is 0.482. The lowest BCUT2D eigenvalue weighted by molar-refractivity contribution is -0.119. The van der Waals surface area contributed by atoms with Crippen molar-refractivity contribution in [1.82, 2.24) is 10.2 Å². The number of fused-ring (bicyclic) bond motifs is 1. The largest absolute Gasteiger partial charge is 0.497 e. The summed E-state index contributed by atoms with van der Waals surface area (Å²) in [5.41, 5.74) is 15.0. The predicted octanol–water partition coefficient (Wildman–Crippen LogP) is 1.69. The molecule has 0 radical (unpaired) electrons. The smallest absolute Gasteiger partial charge is 0.261 e. The number of nitrogens with two attached hydrogens (primary N) is 2. The maximum absolute atomic E-state index is 12.5. The fraction of sp³-hybridized carbons (Fsp3) is 0.174. The number of methoxy groups -OCH3 is 1. The molecule has 8 nitrogen and oxygen atoms in total. The van der Waals surface area contributed by atoms with Gasteiger partial charge in [0.1, 0.15) is 11.6 Å². The van der Waals surface area contributed by atoms with E-state index in [4.69, 9.17) is 16.2 Å². The number of carbonyl (C=O) groups excluding carboxylic acids is 3. The number of nitrogens with zero attached hydrogens (tertiary/aromatic N) is 1. The first-order valence-electron chi connectivity index (χ1n) is 9.54. The minimum atomic E-state index is -0.415. The van der Waals surface area contributed by atoms with Crippen molar-refractivity contribution >= 4 is 23.4 Å². The van der Waals surface area contributed by atoms with Crippen LogP contribution in [0.1, 0.15) is 37.4 Å². The van der Waals surface area contributed by atoms with Crippen LogP contribution in [0.4, 0.5) is 0 Å². The summed E-state index contributed by atoms with van der Waals surface area (Å²) in [6.07, 6.45) is 2.97. The summed E-state index contributed by atoms with van der Waals surface area (Å²) in [6.45, 7) is 1.80. The Morgan fingerprint density at radius 2 is 1.77 bits per heavy atom. The molecular weight excluding hydrogens is 396 g/mol. The number of aryl methyl sites for hydroxylation is 1. The highest BCUT2D eigenvalue weighted by Crippen LogP contribution is 2.27. The number of rotatable bonds is 6. The van der Waals surface area contributed by atoms with Gasteiger partial charge in [-0.25, -0.2) is 0 Å². The van der Waals surface area contributed by atoms with E-state index in [0.717, 1.165) is 16.0 Å². The van der Waals surface area contributed by atoms with Crippen LogP contribution in [0.2, 0.25) is 0 Å². The number of carbonyl (C=O) groups is 3. The van der Waals surface area contributed by atoms with Crippen LogP contribution >= 0.6 is 0 Å². The summed E-state index contributed by atoms with van der Waals surface area (Å²) in [4.78, 5) is 38.2. The molecule has 3 amide bonds. The first kappa shape index (κ1) is 21.6. The first-order valence-corrected chi connectivity index (χ1v) is 9.54. The topological polar surface area (TPSA) is 128 Å². The van der Waals surface area contributed by atoms with Crippen LogP contribution in [0, 0.1) is 6.92 Å². The Kier molecular flexibility index (Phi) is 6.10. The van der Waals surface area contributed by atoms with E-state index in [1.165, 1.54) is 13.1 Å². The fourth-order valence-electron chi connectivity index (χ4n) is 3.34. The zero-order chi connectivity index (χ0) is 22.7. The number of amides is 3. The lowest BCUT2D eigenvalue weighted by atomic mass is 9.97. The third-order valence-electron chi connectivity index (χ3n) is 4.92. The first-order chi connectivity index (χ1) is 14.7. The standard InChI is InChI=1S/C23H24N4O4/c1-13-10-15(21-17(11-13)22(29)27(2)23(21)30)12-20(28)26-19(25)9-8-18(24)14-4-6-16(31-3)7-5-14/h4-11H,12,24-25H2,1-3H3,(H,26,28)/b18-8-,19-9+. The van der Waals surface area contributed by atoms with E-state index < -0.39 is 11.8 Å². The van der Waals surface area contributed by atoms with Gasteiger partial charge in [0, 0.05) is 12.7 Å². The van der Waals surface area contributed by atoms with Gasteiger partial charge >= 0.3 is 0 Å². The summed E-state index contributed by atoms with van der Waals surface area (Å²) < 4.78 is 5.11. The number of nitrogens with one attached hydrogen (secondary N) is 1. The van der Waals surface area contributed by atoms with Crippen LogP contribution in [0.5, 0.6) is 5.75 Å². The van der Waals surface area contributed by atoms with Gasteiger partial charge in [-0.05, 0) is 66.1 Å². The normalized spacial score (nSPS) is 14.0. The van der Waals surface area contributed by atoms with Gasteiger partial charge in [-0.1, -0.05) is 6.07 Å². The third-order valence-corrected chi connectivity index (χ3v) is 4.92. The molecule has 31 heavy (non-hydrogen) atoms. The molecule has 1 aliphatic heterocycles. The van der Waals surface area contributed by atoms with Crippen LogP contribution in [-0.4, -0.2) is 36.8 Å². The lowest BCUT2D eigenvalue weighted by Gasteiger charge is -2.09. The van der Waals surface area contributed by atoms with E-state index in [-0.39, 0.29) is 23.7 Å². The Morgan fingerprint density at radius 3 is 2.42 bits per heavy atom. The van der Waals surface area contributed by atoms with Crippen LogP contribution in [0.15, 0.2) is 54.4 Å². The molecule has 0 unspecified atom stereocenters. The molecule has 2 aromatic carbocycles. The number of hydrogen-bond donors (Lipinski definition) is 3. The van der Waals surface area contributed by atoms with E-state index in [1.807, 2.05) is 0 Å². The zero-order valence-electron chi connectivity index (χ0n) is 17.6. The SMILES string of the molecule is COc1ccc(/C(N)=C/C=C(\N)NC(=O)Cc2cc(C)cc3c2C(=O)N(C)C3=O)cc1. The van der Waals surface area contributed by atoms with E-state index in [2.05, 4.69) is 5.32 Å². The van der Waals surface area contributed by atoms with Crippen LogP contribution in [0.3, 0.4) is 0 Å². The van der Waals surface area contributed by atoms with Gasteiger partial charge in [-0.3, -0.25) is 19.3 Å². The Morgan fingerprint density at radius 1 is 1.10 bits per heavy atom. The molecule has 3 rings (SSSR count). The minimum absolute atomic E-state index is 0.0942. The molecule has 1 aliphatic rings. The molecule has 160 valence electrons. The van der Waals surface area contributed by atoms with Gasteiger partial charge in [0.05, 0.1) is 24.7 Å². The van der Waals surface area contributed by atoms with E-state index >= 15 is 0 Å². The minimum Gasteiger partial charge on any atom is -0.497 e. The molecule has 8 heteroatoms. The summed E-state index contributed by atoms with van der Waals surface area (Å²) in [6, 6.07) is 10.6. The van der Waals surface area contributed by atoms with Gasteiger partial charge in [0.15, 0.2) is 0 Å². The average Bonchev–Trinajstić information content (AvgIpc) is 2.96. The number of imide groups is 1. The summed E-state index contributed by atoms with van der Waals surface area (Å²) >= 11 is 0. The molecule has 1 heterocycles. The molecule has 0 aromatic heterocycles. The molecule has 0 saturated heterocycles. The highest BCUT2D eigenvalue weighted by Gasteiger charge is 2.35. The third kappa shape index (κ3) is 4.58. The number of benzene rings is 2. The van der Waals surface area contributed by atoms with Crippen molar-refractivity contribution in [2.24, 2.45) is 11.5 Å². The summed E-state index contributed by atoms with van der Waals surface area (Å²) in [7, 11) is 3.00. The van der Waals surface area contributed by atoms with Crippen LogP contribution in [-0.2, 0) is 11.2 Å². The second kappa shape index (κ2) is 8.74. The van der Waals surface area contributed by atoms with Crippen LogP contribution < -0.4 is 21.5 Å². The van der Waals surface area contributed by atoms with Crippen molar-refractivity contribution < 1.29 is 19.1 Å². The Bertz CT molecular complexity index is 1120. The Balaban J connectivity index is 1.72. The molecule has 0 fully saturated rings. The monoisotopic (exact) mass is 420 g/mol. The van der Waals surface area contributed by atoms with Crippen molar-refractivity contribution in [2.75, 3.05) is 14.2 Å². The van der Waals surface area contributed by atoms with Gasteiger partial charge in [-0.2, -0.15) is 0 Å². The lowest BCUT2D eigenvalue weighted by Crippen LogP contribution is -2.29. The molecule has 5 N–H and O–H groups in total. The zero-order valence-corrected chi connectivity index (χ0v) is 17.6. The van der Waals surface area contributed by atoms with Gasteiger partial charge < -0.3 is 21.5 Å². The molecule has 0 atom stereocenters. The molecule has 0 spiro atoms. The van der Waals surface area contributed by atoms with Gasteiger partial charge in [-0.15, -0.1) is 0 Å². The Hall–Kier alpha value is -4.07. The highest BCUT2D eigenvalue weighted by molar-refractivity contribution is 6.22. The molecule has 2 aromatic rings. The van der Waals surface area contributed by atoms with Crippen molar-refractivity contribution in [3.63, 3.8) is 0 Å². The molecule has 0 aliphatic carbocycles. The maximum Gasteiger partial charge on any atom is 0.261 e. The highest BCUT2D eigenvalue weighted by atomic mass is 16.5.